The molecule has 0 aromatic heterocycles. The van der Waals surface area contributed by atoms with Crippen LogP contribution in [-0.2, 0) is 0 Å². The van der Waals surface area contributed by atoms with Crippen molar-refractivity contribution in [3.05, 3.63) is 33.8 Å². The second kappa shape index (κ2) is 7.23. The topological polar surface area (TPSA) is 32.3 Å². The van der Waals surface area contributed by atoms with Gasteiger partial charge in [-0.25, -0.2) is 0 Å². The van der Waals surface area contributed by atoms with Crippen molar-refractivity contribution in [2.24, 2.45) is 5.92 Å². The molecule has 1 aromatic carbocycles. The van der Waals surface area contributed by atoms with Crippen LogP contribution in [0.4, 0.5) is 0 Å². The first kappa shape index (κ1) is 15.5. The lowest BCUT2D eigenvalue weighted by molar-refractivity contribution is 0.0726. The molecule has 0 saturated carbocycles. The fraction of sp³-hybridized carbons (Fsp3) is 0.562. The molecule has 1 N–H and O–H groups in total. The Balaban J connectivity index is 2.09. The van der Waals surface area contributed by atoms with Crippen molar-refractivity contribution in [2.75, 3.05) is 26.2 Å². The van der Waals surface area contributed by atoms with Crippen LogP contribution in [0, 0.1) is 12.8 Å². The van der Waals surface area contributed by atoms with Crippen LogP contribution in [0.25, 0.3) is 0 Å². The highest BCUT2D eigenvalue weighted by Crippen LogP contribution is 2.20. The Labute approximate surface area is 129 Å². The molecule has 1 heterocycles. The summed E-state index contributed by atoms with van der Waals surface area (Å²) in [6, 6.07) is 5.91. The fourth-order valence-electron chi connectivity index (χ4n) is 2.73. The van der Waals surface area contributed by atoms with Crippen LogP contribution >= 0.6 is 15.9 Å². The van der Waals surface area contributed by atoms with E-state index in [1.807, 2.05) is 30.0 Å². The SMILES string of the molecule is CCN(CC1CCNCC1)C(=O)c1cc(Br)ccc1C. The summed E-state index contributed by atoms with van der Waals surface area (Å²) in [4.78, 5) is 14.7. The smallest absolute Gasteiger partial charge is 0.254 e. The van der Waals surface area contributed by atoms with E-state index in [2.05, 4.69) is 28.2 Å². The number of nitrogens with one attached hydrogen (secondary N) is 1. The molecule has 1 aliphatic heterocycles. The zero-order chi connectivity index (χ0) is 14.5. The van der Waals surface area contributed by atoms with Gasteiger partial charge in [0.2, 0.25) is 0 Å². The van der Waals surface area contributed by atoms with Gasteiger partial charge in [-0.2, -0.15) is 0 Å². The fourth-order valence-corrected chi connectivity index (χ4v) is 3.09. The van der Waals surface area contributed by atoms with Gasteiger partial charge in [0.15, 0.2) is 0 Å². The average Bonchev–Trinajstić information content (AvgIpc) is 2.47. The third kappa shape index (κ3) is 3.83. The molecule has 4 heteroatoms. The summed E-state index contributed by atoms with van der Waals surface area (Å²) in [6.07, 6.45) is 2.34. The second-order valence-corrected chi connectivity index (χ2v) is 6.41. The largest absolute Gasteiger partial charge is 0.339 e. The van der Waals surface area contributed by atoms with Crippen LogP contribution in [0.2, 0.25) is 0 Å². The molecule has 1 aliphatic rings. The molecule has 1 fully saturated rings. The number of hydrogen-bond acceptors (Lipinski definition) is 2. The molecule has 0 bridgehead atoms. The van der Waals surface area contributed by atoms with E-state index in [1.165, 1.54) is 12.8 Å². The number of carbonyl (C=O) groups excluding carboxylic acids is 1. The minimum Gasteiger partial charge on any atom is -0.339 e. The number of rotatable bonds is 4. The van der Waals surface area contributed by atoms with Crippen molar-refractivity contribution in [2.45, 2.75) is 26.7 Å². The van der Waals surface area contributed by atoms with Gasteiger partial charge >= 0.3 is 0 Å². The molecule has 0 radical (unpaired) electrons. The Hall–Kier alpha value is -0.870. The molecule has 2 rings (SSSR count). The highest BCUT2D eigenvalue weighted by atomic mass is 79.9. The Morgan fingerprint density at radius 3 is 2.75 bits per heavy atom. The van der Waals surface area contributed by atoms with Crippen molar-refractivity contribution in [3.63, 3.8) is 0 Å². The number of carbonyl (C=O) groups is 1. The first-order chi connectivity index (χ1) is 9.61. The highest BCUT2D eigenvalue weighted by Gasteiger charge is 2.21. The molecule has 3 nitrogen and oxygen atoms in total. The molecule has 0 spiro atoms. The van der Waals surface area contributed by atoms with Crippen molar-refractivity contribution >= 4 is 21.8 Å². The third-order valence-corrected chi connectivity index (χ3v) is 4.53. The Morgan fingerprint density at radius 2 is 2.10 bits per heavy atom. The van der Waals surface area contributed by atoms with Crippen LogP contribution in [0.15, 0.2) is 22.7 Å². The predicted octanol–water partition coefficient (Wildman–Crippen LogP) is 3.22. The van der Waals surface area contributed by atoms with Crippen LogP contribution < -0.4 is 5.32 Å². The van der Waals surface area contributed by atoms with Crippen molar-refractivity contribution in [3.8, 4) is 0 Å². The summed E-state index contributed by atoms with van der Waals surface area (Å²) in [7, 11) is 0. The predicted molar refractivity (Wildman–Crippen MR) is 86.1 cm³/mol. The zero-order valence-electron chi connectivity index (χ0n) is 12.3. The first-order valence-electron chi connectivity index (χ1n) is 7.38. The number of amides is 1. The maximum Gasteiger partial charge on any atom is 0.254 e. The second-order valence-electron chi connectivity index (χ2n) is 5.50. The monoisotopic (exact) mass is 338 g/mol. The molecule has 0 unspecified atom stereocenters. The van der Waals surface area contributed by atoms with Gasteiger partial charge < -0.3 is 10.2 Å². The summed E-state index contributed by atoms with van der Waals surface area (Å²) in [5.74, 6) is 0.789. The number of hydrogen-bond donors (Lipinski definition) is 1. The molecule has 0 atom stereocenters. The zero-order valence-corrected chi connectivity index (χ0v) is 13.9. The van der Waals surface area contributed by atoms with Gasteiger partial charge in [-0.15, -0.1) is 0 Å². The van der Waals surface area contributed by atoms with Crippen LogP contribution in [0.3, 0.4) is 0 Å². The number of benzene rings is 1. The molecule has 110 valence electrons. The van der Waals surface area contributed by atoms with E-state index in [-0.39, 0.29) is 5.91 Å². The quantitative estimate of drug-likeness (QED) is 0.914. The lowest BCUT2D eigenvalue weighted by Crippen LogP contribution is -2.39. The molecule has 1 saturated heterocycles. The molecule has 20 heavy (non-hydrogen) atoms. The van der Waals surface area contributed by atoms with E-state index in [1.54, 1.807) is 0 Å². The van der Waals surface area contributed by atoms with Crippen molar-refractivity contribution in [1.29, 1.82) is 0 Å². The molecule has 1 amide bonds. The van der Waals surface area contributed by atoms with Gasteiger partial charge in [0.25, 0.3) is 5.91 Å². The average molecular weight is 339 g/mol. The van der Waals surface area contributed by atoms with Gasteiger partial charge in [0, 0.05) is 23.1 Å². The van der Waals surface area contributed by atoms with Gasteiger partial charge in [0.1, 0.15) is 0 Å². The maximum absolute atomic E-state index is 12.7. The van der Waals surface area contributed by atoms with E-state index < -0.39 is 0 Å². The lowest BCUT2D eigenvalue weighted by Gasteiger charge is -2.29. The number of nitrogens with zero attached hydrogens (tertiary/aromatic N) is 1. The summed E-state index contributed by atoms with van der Waals surface area (Å²) >= 11 is 3.46. The van der Waals surface area contributed by atoms with Crippen LogP contribution in [0.5, 0.6) is 0 Å². The Morgan fingerprint density at radius 1 is 1.40 bits per heavy atom. The van der Waals surface area contributed by atoms with Gasteiger partial charge in [-0.1, -0.05) is 22.0 Å². The molecule has 0 aliphatic carbocycles. The normalized spacial score (nSPS) is 16.1. The van der Waals surface area contributed by atoms with Crippen LogP contribution in [-0.4, -0.2) is 37.0 Å². The van der Waals surface area contributed by atoms with E-state index in [4.69, 9.17) is 0 Å². The number of aryl methyl sites for hydroxylation is 1. The maximum atomic E-state index is 12.7. The minimum absolute atomic E-state index is 0.157. The Bertz CT molecular complexity index is 470. The number of piperidine rings is 1. The van der Waals surface area contributed by atoms with E-state index in [0.29, 0.717) is 5.92 Å². The standard InChI is InChI=1S/C16H23BrN2O/c1-3-19(11-13-6-8-18-9-7-13)16(20)15-10-14(17)5-4-12(15)2/h4-5,10,13,18H,3,6-9,11H2,1-2H3. The lowest BCUT2D eigenvalue weighted by atomic mass is 9.97. The van der Waals surface area contributed by atoms with Gasteiger partial charge in [-0.3, -0.25) is 4.79 Å². The van der Waals surface area contributed by atoms with Crippen molar-refractivity contribution < 1.29 is 4.79 Å². The molecule has 1 aromatic rings. The van der Waals surface area contributed by atoms with E-state index >= 15 is 0 Å². The van der Waals surface area contributed by atoms with E-state index in [0.717, 1.165) is 41.8 Å². The summed E-state index contributed by atoms with van der Waals surface area (Å²) in [6.45, 7) is 7.86. The Kier molecular flexibility index (Phi) is 5.61. The summed E-state index contributed by atoms with van der Waals surface area (Å²) in [5, 5.41) is 3.37. The highest BCUT2D eigenvalue weighted by molar-refractivity contribution is 9.10. The number of halogens is 1. The molecular formula is C16H23BrN2O. The van der Waals surface area contributed by atoms with E-state index in [9.17, 15) is 4.79 Å². The summed E-state index contributed by atoms with van der Waals surface area (Å²) < 4.78 is 0.962. The first-order valence-corrected chi connectivity index (χ1v) is 8.17. The van der Waals surface area contributed by atoms with Crippen molar-refractivity contribution in [1.82, 2.24) is 10.2 Å². The van der Waals surface area contributed by atoms with Gasteiger partial charge in [0.05, 0.1) is 0 Å². The van der Waals surface area contributed by atoms with Gasteiger partial charge in [-0.05, 0) is 63.4 Å². The van der Waals surface area contributed by atoms with Crippen LogP contribution in [0.1, 0.15) is 35.7 Å². The minimum atomic E-state index is 0.157. The summed E-state index contributed by atoms with van der Waals surface area (Å²) in [5.41, 5.74) is 1.86. The molecular weight excluding hydrogens is 316 g/mol. The third-order valence-electron chi connectivity index (χ3n) is 4.04.